The highest BCUT2D eigenvalue weighted by atomic mass is 35.5. The molecule has 0 spiro atoms. The Bertz CT molecular complexity index is 759. The van der Waals surface area contributed by atoms with Crippen LogP contribution >= 0.6 is 11.6 Å². The molecule has 1 atom stereocenters. The topological polar surface area (TPSA) is 67.2 Å². The lowest BCUT2D eigenvalue weighted by Gasteiger charge is -2.17. The zero-order chi connectivity index (χ0) is 17.1. The van der Waals surface area contributed by atoms with Crippen LogP contribution in [-0.4, -0.2) is 34.2 Å². The number of benzene rings is 1. The van der Waals surface area contributed by atoms with E-state index in [-0.39, 0.29) is 17.9 Å². The predicted octanol–water partition coefficient (Wildman–Crippen LogP) is 1.93. The molecule has 126 valence electrons. The van der Waals surface area contributed by atoms with Gasteiger partial charge in [-0.3, -0.25) is 14.3 Å². The van der Waals surface area contributed by atoms with Crippen LogP contribution in [0.3, 0.4) is 0 Å². The van der Waals surface area contributed by atoms with E-state index in [0.717, 1.165) is 11.3 Å². The summed E-state index contributed by atoms with van der Waals surface area (Å²) in [7, 11) is 1.85. The molecular formula is C17H19ClN4O2. The van der Waals surface area contributed by atoms with Crippen molar-refractivity contribution in [2.24, 2.45) is 7.05 Å². The number of aromatic nitrogens is 2. The Hall–Kier alpha value is -2.34. The number of nitrogens with zero attached hydrogens (tertiary/aromatic N) is 3. The lowest BCUT2D eigenvalue weighted by atomic mass is 10.2. The monoisotopic (exact) mass is 346 g/mol. The standard InChI is InChI=1S/C17H19ClN4O2/c1-21-10-12(9-19-21)5-6-16(23)20-14-8-17(24)22(11-14)15-4-2-3-13(18)7-15/h2-4,7,9-10,14H,5-6,8,11H2,1H3,(H,20,23). The van der Waals surface area contributed by atoms with Gasteiger partial charge in [0.1, 0.15) is 0 Å². The minimum atomic E-state index is -0.169. The Balaban J connectivity index is 1.53. The molecule has 1 aromatic heterocycles. The zero-order valence-corrected chi connectivity index (χ0v) is 14.2. The number of aryl methyl sites for hydroxylation is 2. The van der Waals surface area contributed by atoms with Gasteiger partial charge in [-0.1, -0.05) is 17.7 Å². The zero-order valence-electron chi connectivity index (χ0n) is 13.4. The van der Waals surface area contributed by atoms with Gasteiger partial charge in [0.15, 0.2) is 0 Å². The third-order valence-electron chi connectivity index (χ3n) is 4.01. The quantitative estimate of drug-likeness (QED) is 0.899. The van der Waals surface area contributed by atoms with E-state index >= 15 is 0 Å². The SMILES string of the molecule is Cn1cc(CCC(=O)NC2CC(=O)N(c3cccc(Cl)c3)C2)cn1. The Morgan fingerprint density at radius 3 is 3.00 bits per heavy atom. The van der Waals surface area contributed by atoms with Crippen LogP contribution in [-0.2, 0) is 23.1 Å². The summed E-state index contributed by atoms with van der Waals surface area (Å²) in [5, 5.41) is 7.61. The van der Waals surface area contributed by atoms with Crippen molar-refractivity contribution in [3.63, 3.8) is 0 Å². The maximum Gasteiger partial charge on any atom is 0.229 e. The molecule has 7 heteroatoms. The second-order valence-corrected chi connectivity index (χ2v) is 6.41. The average Bonchev–Trinajstić information content (AvgIpc) is 3.11. The van der Waals surface area contributed by atoms with Crippen LogP contribution < -0.4 is 10.2 Å². The molecule has 3 rings (SSSR count). The van der Waals surface area contributed by atoms with Crippen molar-refractivity contribution in [3.05, 3.63) is 47.2 Å². The Morgan fingerprint density at radius 2 is 2.29 bits per heavy atom. The molecule has 0 bridgehead atoms. The van der Waals surface area contributed by atoms with E-state index in [0.29, 0.717) is 30.8 Å². The molecule has 1 fully saturated rings. The first-order valence-corrected chi connectivity index (χ1v) is 8.22. The number of nitrogens with one attached hydrogen (secondary N) is 1. The second-order valence-electron chi connectivity index (χ2n) is 5.98. The summed E-state index contributed by atoms with van der Waals surface area (Å²) in [6.07, 6.45) is 4.98. The number of rotatable bonds is 5. The third kappa shape index (κ3) is 3.94. The van der Waals surface area contributed by atoms with Crippen molar-refractivity contribution < 1.29 is 9.59 Å². The first kappa shape index (κ1) is 16.5. The van der Waals surface area contributed by atoms with Gasteiger partial charge in [0.2, 0.25) is 11.8 Å². The highest BCUT2D eigenvalue weighted by Gasteiger charge is 2.31. The summed E-state index contributed by atoms with van der Waals surface area (Å²) < 4.78 is 1.71. The highest BCUT2D eigenvalue weighted by Crippen LogP contribution is 2.24. The van der Waals surface area contributed by atoms with Crippen LogP contribution in [0.2, 0.25) is 5.02 Å². The Morgan fingerprint density at radius 1 is 1.46 bits per heavy atom. The average molecular weight is 347 g/mol. The summed E-state index contributed by atoms with van der Waals surface area (Å²) in [4.78, 5) is 25.9. The fourth-order valence-electron chi connectivity index (χ4n) is 2.86. The second kappa shape index (κ2) is 7.05. The van der Waals surface area contributed by atoms with Crippen molar-refractivity contribution in [2.45, 2.75) is 25.3 Å². The Kier molecular flexibility index (Phi) is 4.85. The van der Waals surface area contributed by atoms with Crippen LogP contribution in [0.4, 0.5) is 5.69 Å². The molecule has 0 radical (unpaired) electrons. The van der Waals surface area contributed by atoms with Crippen molar-refractivity contribution in [2.75, 3.05) is 11.4 Å². The van der Waals surface area contributed by atoms with Crippen LogP contribution in [0.5, 0.6) is 0 Å². The first-order chi connectivity index (χ1) is 11.5. The van der Waals surface area contributed by atoms with E-state index < -0.39 is 0 Å². The number of carbonyl (C=O) groups excluding carboxylic acids is 2. The number of carbonyl (C=O) groups is 2. The van der Waals surface area contributed by atoms with E-state index in [1.807, 2.05) is 25.4 Å². The first-order valence-electron chi connectivity index (χ1n) is 7.84. The van der Waals surface area contributed by atoms with Crippen LogP contribution in [0.15, 0.2) is 36.7 Å². The summed E-state index contributed by atoms with van der Waals surface area (Å²) in [5.41, 5.74) is 1.79. The van der Waals surface area contributed by atoms with Gasteiger partial charge in [0, 0.05) is 43.3 Å². The number of anilines is 1. The molecule has 1 saturated heterocycles. The van der Waals surface area contributed by atoms with Gasteiger partial charge in [-0.25, -0.2) is 0 Å². The molecule has 6 nitrogen and oxygen atoms in total. The van der Waals surface area contributed by atoms with E-state index in [1.54, 1.807) is 27.9 Å². The van der Waals surface area contributed by atoms with Crippen LogP contribution in [0.25, 0.3) is 0 Å². The van der Waals surface area contributed by atoms with Gasteiger partial charge < -0.3 is 10.2 Å². The van der Waals surface area contributed by atoms with Gasteiger partial charge in [0.05, 0.1) is 12.2 Å². The fourth-order valence-corrected chi connectivity index (χ4v) is 3.04. The maximum absolute atomic E-state index is 12.2. The third-order valence-corrected chi connectivity index (χ3v) is 4.24. The molecule has 1 N–H and O–H groups in total. The number of halogens is 1. The molecule has 1 aromatic carbocycles. The predicted molar refractivity (Wildman–Crippen MR) is 91.9 cm³/mol. The minimum Gasteiger partial charge on any atom is -0.351 e. The molecule has 2 aromatic rings. The van der Waals surface area contributed by atoms with Gasteiger partial charge in [0.25, 0.3) is 0 Å². The molecule has 2 amide bonds. The molecule has 24 heavy (non-hydrogen) atoms. The number of hydrogen-bond donors (Lipinski definition) is 1. The minimum absolute atomic E-state index is 0.00479. The molecule has 2 heterocycles. The molecule has 1 unspecified atom stereocenters. The maximum atomic E-state index is 12.2. The molecule has 1 aliphatic heterocycles. The lowest BCUT2D eigenvalue weighted by Crippen LogP contribution is -2.37. The summed E-state index contributed by atoms with van der Waals surface area (Å²) in [6.45, 7) is 0.470. The normalized spacial score (nSPS) is 17.3. The van der Waals surface area contributed by atoms with Gasteiger partial charge in [-0.2, -0.15) is 5.10 Å². The smallest absolute Gasteiger partial charge is 0.229 e. The summed E-state index contributed by atoms with van der Waals surface area (Å²) in [6, 6.07) is 7.01. The van der Waals surface area contributed by atoms with E-state index in [4.69, 9.17) is 11.6 Å². The van der Waals surface area contributed by atoms with Gasteiger partial charge in [-0.05, 0) is 30.2 Å². The number of amides is 2. The molecule has 0 aliphatic carbocycles. The van der Waals surface area contributed by atoms with Gasteiger partial charge in [-0.15, -0.1) is 0 Å². The fraction of sp³-hybridized carbons (Fsp3) is 0.353. The van der Waals surface area contributed by atoms with Crippen molar-refractivity contribution in [3.8, 4) is 0 Å². The van der Waals surface area contributed by atoms with E-state index in [2.05, 4.69) is 10.4 Å². The number of hydrogen-bond acceptors (Lipinski definition) is 3. The van der Waals surface area contributed by atoms with E-state index in [1.165, 1.54) is 0 Å². The van der Waals surface area contributed by atoms with Crippen molar-refractivity contribution >= 4 is 29.1 Å². The molecular weight excluding hydrogens is 328 g/mol. The highest BCUT2D eigenvalue weighted by molar-refractivity contribution is 6.30. The van der Waals surface area contributed by atoms with E-state index in [9.17, 15) is 9.59 Å². The largest absolute Gasteiger partial charge is 0.351 e. The molecule has 1 aliphatic rings. The molecule has 0 saturated carbocycles. The van der Waals surface area contributed by atoms with Crippen molar-refractivity contribution in [1.29, 1.82) is 0 Å². The summed E-state index contributed by atoms with van der Waals surface area (Å²) >= 11 is 5.98. The Labute approximate surface area is 145 Å². The lowest BCUT2D eigenvalue weighted by molar-refractivity contribution is -0.121. The van der Waals surface area contributed by atoms with Crippen LogP contribution in [0, 0.1) is 0 Å². The van der Waals surface area contributed by atoms with Gasteiger partial charge >= 0.3 is 0 Å². The van der Waals surface area contributed by atoms with Crippen molar-refractivity contribution in [1.82, 2.24) is 15.1 Å². The van der Waals surface area contributed by atoms with Crippen LogP contribution in [0.1, 0.15) is 18.4 Å². The summed E-state index contributed by atoms with van der Waals surface area (Å²) in [5.74, 6) is -0.0561.